The molecule has 0 spiro atoms. The van der Waals surface area contributed by atoms with Gasteiger partial charge in [0.2, 0.25) is 0 Å². The van der Waals surface area contributed by atoms with Crippen molar-refractivity contribution in [1.82, 2.24) is 5.32 Å². The van der Waals surface area contributed by atoms with Crippen molar-refractivity contribution in [3.8, 4) is 0 Å². The number of morpholine rings is 1. The molecule has 1 aromatic carbocycles. The van der Waals surface area contributed by atoms with Crippen LogP contribution in [0.25, 0.3) is 5.57 Å². The maximum absolute atomic E-state index is 13.4. The van der Waals surface area contributed by atoms with Crippen LogP contribution in [0, 0.1) is 0 Å². The highest BCUT2D eigenvalue weighted by Gasteiger charge is 2.40. The zero-order valence-electron chi connectivity index (χ0n) is 15.3. The van der Waals surface area contributed by atoms with E-state index in [2.05, 4.69) is 28.8 Å². The Kier molecular flexibility index (Phi) is 4.51. The molecular formula is C20H25N3O4. The van der Waals surface area contributed by atoms with Gasteiger partial charge in [-0.05, 0) is 31.0 Å². The van der Waals surface area contributed by atoms with E-state index >= 15 is 0 Å². The summed E-state index contributed by atoms with van der Waals surface area (Å²) in [5.41, 5.74) is 4.59. The molecule has 2 unspecified atom stereocenters. The zero-order chi connectivity index (χ0) is 18.2. The third kappa shape index (κ3) is 3.09. The maximum Gasteiger partial charge on any atom is 0.261 e. The molecule has 0 radical (unpaired) electrons. The lowest BCUT2D eigenvalue weighted by Gasteiger charge is -2.24. The Morgan fingerprint density at radius 3 is 2.70 bits per heavy atom. The lowest BCUT2D eigenvalue weighted by atomic mass is 10.0. The van der Waals surface area contributed by atoms with Crippen molar-refractivity contribution in [2.75, 3.05) is 56.4 Å². The number of ether oxygens (including phenoxy) is 3. The number of benzene rings is 1. The van der Waals surface area contributed by atoms with Gasteiger partial charge in [0, 0.05) is 31.0 Å². The molecule has 0 aliphatic carbocycles. The summed E-state index contributed by atoms with van der Waals surface area (Å²) in [5, 5.41) is 6.91. The fraction of sp³-hybridized carbons (Fsp3) is 0.550. The summed E-state index contributed by atoms with van der Waals surface area (Å²) < 4.78 is 16.6. The van der Waals surface area contributed by atoms with Crippen LogP contribution in [0.2, 0.25) is 0 Å². The van der Waals surface area contributed by atoms with Gasteiger partial charge in [-0.25, -0.2) is 0 Å². The van der Waals surface area contributed by atoms with E-state index in [4.69, 9.17) is 14.2 Å². The molecular weight excluding hydrogens is 346 g/mol. The summed E-state index contributed by atoms with van der Waals surface area (Å²) in [7, 11) is 0. The van der Waals surface area contributed by atoms with Crippen molar-refractivity contribution < 1.29 is 19.0 Å². The third-order valence-corrected chi connectivity index (χ3v) is 5.66. The molecule has 0 aromatic heterocycles. The first-order valence-electron chi connectivity index (χ1n) is 9.76. The van der Waals surface area contributed by atoms with Crippen molar-refractivity contribution in [2.45, 2.75) is 24.9 Å². The molecule has 4 heterocycles. The standard InChI is InChI=1S/C20H25N3O4/c24-20-19(17-12-27-8-5-21-17)16-9-13(22-14-3-6-25-10-14)1-2-18(16)23(20)15-4-7-26-11-15/h1-2,9,14-15,21-22H,3-8,10-12H2/b19-17-. The quantitative estimate of drug-likeness (QED) is 0.782. The molecule has 1 amide bonds. The van der Waals surface area contributed by atoms with Crippen LogP contribution in [0.5, 0.6) is 0 Å². The number of rotatable bonds is 3. The molecule has 2 N–H and O–H groups in total. The first-order chi connectivity index (χ1) is 13.3. The number of carbonyl (C=O) groups excluding carboxylic acids is 1. The summed E-state index contributed by atoms with van der Waals surface area (Å²) in [6, 6.07) is 6.64. The smallest absolute Gasteiger partial charge is 0.261 e. The van der Waals surface area contributed by atoms with Gasteiger partial charge in [-0.1, -0.05) is 0 Å². The minimum Gasteiger partial charge on any atom is -0.383 e. The van der Waals surface area contributed by atoms with E-state index in [0.29, 0.717) is 32.5 Å². The first-order valence-corrected chi connectivity index (χ1v) is 9.76. The average molecular weight is 371 g/mol. The van der Waals surface area contributed by atoms with Gasteiger partial charge in [-0.15, -0.1) is 0 Å². The molecule has 1 aromatic rings. The molecule has 144 valence electrons. The van der Waals surface area contributed by atoms with Crippen LogP contribution in [0.3, 0.4) is 0 Å². The van der Waals surface area contributed by atoms with E-state index in [1.54, 1.807) is 0 Å². The summed E-state index contributed by atoms with van der Waals surface area (Å²) in [5.74, 6) is 0.0508. The topological polar surface area (TPSA) is 72.1 Å². The van der Waals surface area contributed by atoms with Crippen LogP contribution in [-0.4, -0.2) is 64.2 Å². The van der Waals surface area contributed by atoms with Gasteiger partial charge in [-0.3, -0.25) is 4.79 Å². The number of fused-ring (bicyclic) bond motifs is 1. The molecule has 3 fully saturated rings. The fourth-order valence-corrected chi connectivity index (χ4v) is 4.31. The van der Waals surface area contributed by atoms with Gasteiger partial charge < -0.3 is 29.7 Å². The molecule has 3 saturated heterocycles. The summed E-state index contributed by atoms with van der Waals surface area (Å²) in [6.45, 7) is 4.67. The Bertz CT molecular complexity index is 758. The second-order valence-corrected chi connectivity index (χ2v) is 7.46. The Labute approximate surface area is 158 Å². The predicted molar refractivity (Wildman–Crippen MR) is 102 cm³/mol. The van der Waals surface area contributed by atoms with Crippen LogP contribution < -0.4 is 15.5 Å². The molecule has 0 bridgehead atoms. The predicted octanol–water partition coefficient (Wildman–Crippen LogP) is 1.35. The van der Waals surface area contributed by atoms with E-state index in [9.17, 15) is 4.79 Å². The first kappa shape index (κ1) is 17.0. The zero-order valence-corrected chi connectivity index (χ0v) is 15.3. The second-order valence-electron chi connectivity index (χ2n) is 7.46. The lowest BCUT2D eigenvalue weighted by molar-refractivity contribution is -0.113. The molecule has 2 atom stereocenters. The third-order valence-electron chi connectivity index (χ3n) is 5.66. The molecule has 7 nitrogen and oxygen atoms in total. The van der Waals surface area contributed by atoms with Gasteiger partial charge in [0.05, 0.1) is 55.5 Å². The minimum atomic E-state index is 0.0508. The number of amides is 1. The number of carbonyl (C=O) groups is 1. The monoisotopic (exact) mass is 371 g/mol. The Morgan fingerprint density at radius 1 is 1.07 bits per heavy atom. The van der Waals surface area contributed by atoms with Gasteiger partial charge in [0.1, 0.15) is 0 Å². The van der Waals surface area contributed by atoms with Crippen LogP contribution in [-0.2, 0) is 19.0 Å². The van der Waals surface area contributed by atoms with Crippen molar-refractivity contribution >= 4 is 22.9 Å². The average Bonchev–Trinajstić information content (AvgIpc) is 3.43. The van der Waals surface area contributed by atoms with Gasteiger partial charge >= 0.3 is 0 Å². The van der Waals surface area contributed by atoms with E-state index in [0.717, 1.165) is 60.8 Å². The van der Waals surface area contributed by atoms with E-state index in [1.807, 2.05) is 4.90 Å². The summed E-state index contributed by atoms with van der Waals surface area (Å²) >= 11 is 0. The van der Waals surface area contributed by atoms with Crippen LogP contribution in [0.15, 0.2) is 23.9 Å². The highest BCUT2D eigenvalue weighted by Crippen LogP contribution is 2.42. The molecule has 7 heteroatoms. The molecule has 4 aliphatic rings. The number of nitrogens with one attached hydrogen (secondary N) is 2. The fourth-order valence-electron chi connectivity index (χ4n) is 4.31. The normalized spacial score (nSPS) is 30.5. The highest BCUT2D eigenvalue weighted by atomic mass is 16.5. The lowest BCUT2D eigenvalue weighted by Crippen LogP contribution is -2.39. The summed E-state index contributed by atoms with van der Waals surface area (Å²) in [4.78, 5) is 15.3. The van der Waals surface area contributed by atoms with Gasteiger partial charge in [0.25, 0.3) is 5.91 Å². The largest absolute Gasteiger partial charge is 0.383 e. The number of nitrogens with zero attached hydrogens (tertiary/aromatic N) is 1. The molecule has 0 saturated carbocycles. The van der Waals surface area contributed by atoms with Crippen molar-refractivity contribution in [1.29, 1.82) is 0 Å². The molecule has 27 heavy (non-hydrogen) atoms. The second kappa shape index (κ2) is 7.14. The van der Waals surface area contributed by atoms with Crippen LogP contribution in [0.1, 0.15) is 18.4 Å². The van der Waals surface area contributed by atoms with E-state index in [1.165, 1.54) is 0 Å². The molecule has 5 rings (SSSR count). The Morgan fingerprint density at radius 2 is 1.96 bits per heavy atom. The van der Waals surface area contributed by atoms with Gasteiger partial charge in [0.15, 0.2) is 0 Å². The number of hydrogen-bond donors (Lipinski definition) is 2. The van der Waals surface area contributed by atoms with Crippen molar-refractivity contribution in [3.63, 3.8) is 0 Å². The number of anilines is 2. The minimum absolute atomic E-state index is 0.0508. The van der Waals surface area contributed by atoms with Crippen molar-refractivity contribution in [2.24, 2.45) is 0 Å². The van der Waals surface area contributed by atoms with Gasteiger partial charge in [-0.2, -0.15) is 0 Å². The molecule has 4 aliphatic heterocycles. The summed E-state index contributed by atoms with van der Waals surface area (Å²) in [6.07, 6.45) is 1.88. The van der Waals surface area contributed by atoms with Crippen LogP contribution in [0.4, 0.5) is 11.4 Å². The SMILES string of the molecule is O=C1/C(=C2/COCCN2)c2cc(NC3CCOC3)ccc2N1C1CCOC1. The van der Waals surface area contributed by atoms with Crippen molar-refractivity contribution in [3.05, 3.63) is 29.5 Å². The maximum atomic E-state index is 13.4. The Hall–Kier alpha value is -2.09. The van der Waals surface area contributed by atoms with E-state index < -0.39 is 0 Å². The Balaban J connectivity index is 1.54. The van der Waals surface area contributed by atoms with E-state index in [-0.39, 0.29) is 11.9 Å². The number of hydrogen-bond acceptors (Lipinski definition) is 6. The van der Waals surface area contributed by atoms with Crippen LogP contribution >= 0.6 is 0 Å². The highest BCUT2D eigenvalue weighted by molar-refractivity contribution is 6.33.